The first kappa shape index (κ1) is 14.8. The highest BCUT2D eigenvalue weighted by atomic mass is 35.5. The topological polar surface area (TPSA) is 55.4 Å². The van der Waals surface area contributed by atoms with Crippen molar-refractivity contribution < 1.29 is 18.7 Å². The Bertz CT molecular complexity index is 531. The Kier molecular flexibility index (Phi) is 4.60. The largest absolute Gasteiger partial charge is 0.469 e. The van der Waals surface area contributed by atoms with E-state index < -0.39 is 11.7 Å². The van der Waals surface area contributed by atoms with E-state index in [1.807, 2.05) is 0 Å². The van der Waals surface area contributed by atoms with Gasteiger partial charge in [0.05, 0.1) is 24.1 Å². The molecule has 4 nitrogen and oxygen atoms in total. The molecule has 6 heteroatoms. The SMILES string of the molecule is COC(=O)CC(NC(=O)c1ccc(F)cc1Cl)C1CC1. The summed E-state index contributed by atoms with van der Waals surface area (Å²) in [5, 5.41) is 2.83. The lowest BCUT2D eigenvalue weighted by atomic mass is 10.1. The lowest BCUT2D eigenvalue weighted by Gasteiger charge is -2.17. The molecule has 1 fully saturated rings. The highest BCUT2D eigenvalue weighted by Gasteiger charge is 2.34. The van der Waals surface area contributed by atoms with Crippen LogP contribution in [0, 0.1) is 11.7 Å². The molecule has 1 aliphatic rings. The van der Waals surface area contributed by atoms with Crippen molar-refractivity contribution in [1.29, 1.82) is 0 Å². The van der Waals surface area contributed by atoms with Gasteiger partial charge in [0.1, 0.15) is 5.82 Å². The molecule has 0 saturated heterocycles. The number of ether oxygens (including phenoxy) is 1. The van der Waals surface area contributed by atoms with Gasteiger partial charge in [-0.25, -0.2) is 4.39 Å². The Morgan fingerprint density at radius 2 is 2.20 bits per heavy atom. The van der Waals surface area contributed by atoms with E-state index in [4.69, 9.17) is 11.6 Å². The molecule has 1 aliphatic carbocycles. The fourth-order valence-corrected chi connectivity index (χ4v) is 2.27. The minimum Gasteiger partial charge on any atom is -0.469 e. The van der Waals surface area contributed by atoms with E-state index in [2.05, 4.69) is 10.1 Å². The third-order valence-corrected chi connectivity index (χ3v) is 3.61. The van der Waals surface area contributed by atoms with Crippen LogP contribution in [0.3, 0.4) is 0 Å². The van der Waals surface area contributed by atoms with Crippen molar-refractivity contribution in [3.8, 4) is 0 Å². The maximum atomic E-state index is 13.0. The van der Waals surface area contributed by atoms with Gasteiger partial charge in [-0.05, 0) is 37.0 Å². The summed E-state index contributed by atoms with van der Waals surface area (Å²) >= 11 is 5.84. The summed E-state index contributed by atoms with van der Waals surface area (Å²) in [5.41, 5.74) is 0.198. The Hall–Kier alpha value is -1.62. The van der Waals surface area contributed by atoms with Crippen molar-refractivity contribution in [3.63, 3.8) is 0 Å². The molecule has 1 unspecified atom stereocenters. The number of carbonyl (C=O) groups is 2. The Balaban J connectivity index is 2.06. The van der Waals surface area contributed by atoms with Crippen molar-refractivity contribution in [2.24, 2.45) is 5.92 Å². The summed E-state index contributed by atoms with van der Waals surface area (Å²) in [5.74, 6) is -0.986. The zero-order valence-corrected chi connectivity index (χ0v) is 11.7. The van der Waals surface area contributed by atoms with E-state index in [0.717, 1.165) is 18.9 Å². The van der Waals surface area contributed by atoms with Crippen LogP contribution in [0.2, 0.25) is 5.02 Å². The van der Waals surface area contributed by atoms with Crippen LogP contribution in [0.25, 0.3) is 0 Å². The van der Waals surface area contributed by atoms with E-state index in [9.17, 15) is 14.0 Å². The van der Waals surface area contributed by atoms with Crippen molar-refractivity contribution >= 4 is 23.5 Å². The summed E-state index contributed by atoms with van der Waals surface area (Å²) < 4.78 is 17.6. The summed E-state index contributed by atoms with van der Waals surface area (Å²) in [7, 11) is 1.31. The molecule has 2 rings (SSSR count). The first-order valence-electron chi connectivity index (χ1n) is 6.34. The number of nitrogens with one attached hydrogen (secondary N) is 1. The Morgan fingerprint density at radius 1 is 1.50 bits per heavy atom. The smallest absolute Gasteiger partial charge is 0.307 e. The van der Waals surface area contributed by atoms with Crippen LogP contribution in [0.1, 0.15) is 29.6 Å². The number of amides is 1. The molecule has 0 aliphatic heterocycles. The van der Waals surface area contributed by atoms with Gasteiger partial charge in [-0.1, -0.05) is 11.6 Å². The van der Waals surface area contributed by atoms with Crippen LogP contribution in [-0.4, -0.2) is 25.0 Å². The molecule has 0 heterocycles. The standard InChI is InChI=1S/C14H15ClFNO3/c1-20-13(18)7-12(8-2-3-8)17-14(19)10-5-4-9(16)6-11(10)15/h4-6,8,12H,2-3,7H2,1H3,(H,17,19). The predicted molar refractivity (Wildman–Crippen MR) is 72.0 cm³/mol. The van der Waals surface area contributed by atoms with Crippen molar-refractivity contribution in [1.82, 2.24) is 5.32 Å². The van der Waals surface area contributed by atoms with Crippen LogP contribution >= 0.6 is 11.6 Å². The second-order valence-electron chi connectivity index (χ2n) is 4.82. The third-order valence-electron chi connectivity index (χ3n) is 3.30. The highest BCUT2D eigenvalue weighted by Crippen LogP contribution is 2.34. The lowest BCUT2D eigenvalue weighted by molar-refractivity contribution is -0.141. The second-order valence-corrected chi connectivity index (χ2v) is 5.23. The first-order chi connectivity index (χ1) is 9.51. The van der Waals surface area contributed by atoms with Crippen LogP contribution in [0.4, 0.5) is 4.39 Å². The molecule has 0 bridgehead atoms. The molecule has 1 aromatic rings. The van der Waals surface area contributed by atoms with Crippen molar-refractivity contribution in [2.75, 3.05) is 7.11 Å². The Morgan fingerprint density at radius 3 is 2.75 bits per heavy atom. The molecule has 1 saturated carbocycles. The zero-order valence-electron chi connectivity index (χ0n) is 11.0. The van der Waals surface area contributed by atoms with Crippen LogP contribution in [-0.2, 0) is 9.53 Å². The van der Waals surface area contributed by atoms with E-state index >= 15 is 0 Å². The molecule has 1 amide bonds. The summed E-state index contributed by atoms with van der Waals surface area (Å²) in [6.07, 6.45) is 2.07. The molecule has 0 radical (unpaired) electrons. The summed E-state index contributed by atoms with van der Waals surface area (Å²) in [4.78, 5) is 23.5. The van der Waals surface area contributed by atoms with Gasteiger partial charge < -0.3 is 10.1 Å². The monoisotopic (exact) mass is 299 g/mol. The lowest BCUT2D eigenvalue weighted by Crippen LogP contribution is -2.38. The van der Waals surface area contributed by atoms with Gasteiger partial charge in [0.25, 0.3) is 5.91 Å². The molecule has 0 aromatic heterocycles. The fraction of sp³-hybridized carbons (Fsp3) is 0.429. The molecule has 108 valence electrons. The van der Waals surface area contributed by atoms with E-state index in [1.165, 1.54) is 19.2 Å². The Labute approximate surface area is 121 Å². The van der Waals surface area contributed by atoms with Crippen LogP contribution < -0.4 is 5.32 Å². The molecular weight excluding hydrogens is 285 g/mol. The number of hydrogen-bond acceptors (Lipinski definition) is 3. The fourth-order valence-electron chi connectivity index (χ4n) is 2.02. The molecule has 0 spiro atoms. The number of carbonyl (C=O) groups excluding carboxylic acids is 2. The number of esters is 1. The van der Waals surface area contributed by atoms with E-state index in [0.29, 0.717) is 0 Å². The molecule has 1 N–H and O–H groups in total. The van der Waals surface area contributed by atoms with E-state index in [-0.39, 0.29) is 34.9 Å². The highest BCUT2D eigenvalue weighted by molar-refractivity contribution is 6.33. The van der Waals surface area contributed by atoms with E-state index in [1.54, 1.807) is 0 Å². The average Bonchev–Trinajstić information content (AvgIpc) is 3.21. The van der Waals surface area contributed by atoms with Crippen LogP contribution in [0.15, 0.2) is 18.2 Å². The first-order valence-corrected chi connectivity index (χ1v) is 6.71. The average molecular weight is 300 g/mol. The van der Waals surface area contributed by atoms with Gasteiger partial charge in [0.15, 0.2) is 0 Å². The minimum absolute atomic E-state index is 0.0510. The van der Waals surface area contributed by atoms with Gasteiger partial charge >= 0.3 is 5.97 Å². The van der Waals surface area contributed by atoms with Gasteiger partial charge in [-0.3, -0.25) is 9.59 Å². The van der Waals surface area contributed by atoms with Crippen molar-refractivity contribution in [3.05, 3.63) is 34.6 Å². The summed E-state index contributed by atoms with van der Waals surface area (Å²) in [6, 6.07) is 3.32. The van der Waals surface area contributed by atoms with Gasteiger partial charge in [0, 0.05) is 6.04 Å². The number of benzene rings is 1. The number of methoxy groups -OCH3 is 1. The maximum Gasteiger partial charge on any atom is 0.307 e. The quantitative estimate of drug-likeness (QED) is 0.850. The molecule has 20 heavy (non-hydrogen) atoms. The van der Waals surface area contributed by atoms with Gasteiger partial charge in [0.2, 0.25) is 0 Å². The second kappa shape index (κ2) is 6.22. The predicted octanol–water partition coefficient (Wildman–Crippen LogP) is 2.55. The maximum absolute atomic E-state index is 13.0. The molecular formula is C14H15ClFNO3. The molecule has 1 aromatic carbocycles. The number of hydrogen-bond donors (Lipinski definition) is 1. The zero-order chi connectivity index (χ0) is 14.7. The normalized spacial score (nSPS) is 15.6. The summed E-state index contributed by atoms with van der Waals surface area (Å²) in [6.45, 7) is 0. The van der Waals surface area contributed by atoms with Gasteiger partial charge in [-0.2, -0.15) is 0 Å². The number of halogens is 2. The van der Waals surface area contributed by atoms with Gasteiger partial charge in [-0.15, -0.1) is 0 Å². The third kappa shape index (κ3) is 3.70. The van der Waals surface area contributed by atoms with Crippen LogP contribution in [0.5, 0.6) is 0 Å². The molecule has 1 atom stereocenters. The van der Waals surface area contributed by atoms with Crippen molar-refractivity contribution in [2.45, 2.75) is 25.3 Å². The minimum atomic E-state index is -0.500. The number of rotatable bonds is 5.